The van der Waals surface area contributed by atoms with E-state index in [1.165, 1.54) is 7.11 Å². The summed E-state index contributed by atoms with van der Waals surface area (Å²) in [4.78, 5) is 10.6. The lowest BCUT2D eigenvalue weighted by Gasteiger charge is -2.15. The van der Waals surface area contributed by atoms with Gasteiger partial charge in [0.25, 0.3) is 0 Å². The van der Waals surface area contributed by atoms with Crippen LogP contribution in [0.1, 0.15) is 12.5 Å². The molecule has 0 aromatic heterocycles. The molecule has 0 radical (unpaired) electrons. The molecule has 0 aliphatic heterocycles. The SMILES string of the molecule is COc1cccc(CNC[C@H](C)O)c1OCC(=O)O. The number of carboxylic acids is 1. The molecule has 0 amide bonds. The van der Waals surface area contributed by atoms with Gasteiger partial charge in [-0.2, -0.15) is 0 Å². The number of methoxy groups -OCH3 is 1. The predicted octanol–water partition coefficient (Wildman–Crippen LogP) is 0.629. The van der Waals surface area contributed by atoms with Gasteiger partial charge in [0.1, 0.15) is 0 Å². The van der Waals surface area contributed by atoms with Crippen molar-refractivity contribution in [1.29, 1.82) is 0 Å². The van der Waals surface area contributed by atoms with Crippen LogP contribution in [-0.2, 0) is 11.3 Å². The Morgan fingerprint density at radius 3 is 2.79 bits per heavy atom. The molecular weight excluding hydrogens is 250 g/mol. The first-order valence-electron chi connectivity index (χ1n) is 5.93. The summed E-state index contributed by atoms with van der Waals surface area (Å²) in [5.74, 6) is -0.156. The van der Waals surface area contributed by atoms with Crippen LogP contribution in [0.2, 0.25) is 0 Å². The molecule has 1 aromatic carbocycles. The van der Waals surface area contributed by atoms with Crippen molar-refractivity contribution in [2.75, 3.05) is 20.3 Å². The van der Waals surface area contributed by atoms with E-state index in [2.05, 4.69) is 5.32 Å². The highest BCUT2D eigenvalue weighted by atomic mass is 16.5. The van der Waals surface area contributed by atoms with Crippen molar-refractivity contribution in [2.45, 2.75) is 19.6 Å². The van der Waals surface area contributed by atoms with Crippen molar-refractivity contribution < 1.29 is 24.5 Å². The summed E-state index contributed by atoms with van der Waals surface area (Å²) in [6.07, 6.45) is -0.450. The van der Waals surface area contributed by atoms with Crippen LogP contribution in [0.3, 0.4) is 0 Å². The average molecular weight is 269 g/mol. The molecular formula is C13H19NO5. The third-order valence-electron chi connectivity index (χ3n) is 2.38. The van der Waals surface area contributed by atoms with E-state index in [-0.39, 0.29) is 0 Å². The molecule has 1 aromatic rings. The van der Waals surface area contributed by atoms with Crippen LogP contribution >= 0.6 is 0 Å². The molecule has 6 nitrogen and oxygen atoms in total. The van der Waals surface area contributed by atoms with Gasteiger partial charge in [-0.25, -0.2) is 4.79 Å². The van der Waals surface area contributed by atoms with Crippen molar-refractivity contribution in [1.82, 2.24) is 5.32 Å². The molecule has 0 aliphatic rings. The van der Waals surface area contributed by atoms with Crippen molar-refractivity contribution >= 4 is 5.97 Å². The lowest BCUT2D eigenvalue weighted by Crippen LogP contribution is -2.24. The number of hydrogen-bond donors (Lipinski definition) is 3. The van der Waals surface area contributed by atoms with Crippen LogP contribution < -0.4 is 14.8 Å². The largest absolute Gasteiger partial charge is 0.493 e. The smallest absolute Gasteiger partial charge is 0.341 e. The van der Waals surface area contributed by atoms with E-state index >= 15 is 0 Å². The quantitative estimate of drug-likeness (QED) is 0.641. The third kappa shape index (κ3) is 5.15. The normalized spacial score (nSPS) is 11.9. The van der Waals surface area contributed by atoms with Gasteiger partial charge in [-0.1, -0.05) is 12.1 Å². The first-order chi connectivity index (χ1) is 9.04. The van der Waals surface area contributed by atoms with E-state index in [9.17, 15) is 9.90 Å². The molecule has 0 spiro atoms. The minimum atomic E-state index is -1.05. The van der Waals surface area contributed by atoms with Gasteiger partial charge >= 0.3 is 5.97 Å². The van der Waals surface area contributed by atoms with Gasteiger partial charge in [0.15, 0.2) is 18.1 Å². The minimum Gasteiger partial charge on any atom is -0.493 e. The Kier molecular flexibility index (Phi) is 6.11. The van der Waals surface area contributed by atoms with Gasteiger partial charge in [-0.3, -0.25) is 0 Å². The fourth-order valence-electron chi connectivity index (χ4n) is 1.57. The number of nitrogens with one attached hydrogen (secondary N) is 1. The predicted molar refractivity (Wildman–Crippen MR) is 69.5 cm³/mol. The van der Waals surface area contributed by atoms with E-state index in [1.807, 2.05) is 6.07 Å². The summed E-state index contributed by atoms with van der Waals surface area (Å²) in [6, 6.07) is 5.32. The van der Waals surface area contributed by atoms with Crippen molar-refractivity contribution in [3.05, 3.63) is 23.8 Å². The number of ether oxygens (including phenoxy) is 2. The molecule has 0 unspecified atom stereocenters. The highest BCUT2D eigenvalue weighted by Gasteiger charge is 2.12. The maximum absolute atomic E-state index is 10.6. The van der Waals surface area contributed by atoms with Crippen LogP contribution in [0.25, 0.3) is 0 Å². The summed E-state index contributed by atoms with van der Waals surface area (Å²) in [5.41, 5.74) is 0.779. The average Bonchev–Trinajstić information content (AvgIpc) is 2.36. The van der Waals surface area contributed by atoms with Crippen LogP contribution in [0.5, 0.6) is 11.5 Å². The lowest BCUT2D eigenvalue weighted by atomic mass is 10.2. The van der Waals surface area contributed by atoms with Crippen LogP contribution in [0.15, 0.2) is 18.2 Å². The Balaban J connectivity index is 2.79. The molecule has 0 heterocycles. The van der Waals surface area contributed by atoms with E-state index in [0.717, 1.165) is 5.56 Å². The highest BCUT2D eigenvalue weighted by molar-refractivity contribution is 5.68. The van der Waals surface area contributed by atoms with Gasteiger partial charge in [0.05, 0.1) is 13.2 Å². The molecule has 3 N–H and O–H groups in total. The van der Waals surface area contributed by atoms with Gasteiger partial charge < -0.3 is 25.0 Å². The second-order valence-electron chi connectivity index (χ2n) is 4.11. The van der Waals surface area contributed by atoms with Gasteiger partial charge in [0, 0.05) is 18.7 Å². The Bertz CT molecular complexity index is 419. The maximum atomic E-state index is 10.6. The molecule has 1 atom stereocenters. The summed E-state index contributed by atoms with van der Waals surface area (Å²) in [6.45, 7) is 2.15. The first-order valence-corrected chi connectivity index (χ1v) is 5.93. The molecule has 19 heavy (non-hydrogen) atoms. The zero-order valence-corrected chi connectivity index (χ0v) is 11.0. The molecule has 0 bridgehead atoms. The number of aliphatic hydroxyl groups is 1. The number of carbonyl (C=O) groups is 1. The van der Waals surface area contributed by atoms with Crippen LogP contribution in [0, 0.1) is 0 Å². The summed E-state index contributed by atoms with van der Waals surface area (Å²) < 4.78 is 10.4. The van der Waals surface area contributed by atoms with Gasteiger partial charge in [-0.15, -0.1) is 0 Å². The molecule has 6 heteroatoms. The second kappa shape index (κ2) is 7.60. The van der Waals surface area contributed by atoms with Gasteiger partial charge in [-0.05, 0) is 13.0 Å². The summed E-state index contributed by atoms with van der Waals surface area (Å²) in [7, 11) is 1.50. The fraction of sp³-hybridized carbons (Fsp3) is 0.462. The zero-order valence-electron chi connectivity index (χ0n) is 11.0. The Morgan fingerprint density at radius 1 is 1.47 bits per heavy atom. The van der Waals surface area contributed by atoms with E-state index in [0.29, 0.717) is 24.6 Å². The Hall–Kier alpha value is -1.79. The number of carboxylic acid groups (broad SMARTS) is 1. The molecule has 1 rings (SSSR count). The second-order valence-corrected chi connectivity index (χ2v) is 4.11. The van der Waals surface area contributed by atoms with Crippen molar-refractivity contribution in [3.63, 3.8) is 0 Å². The van der Waals surface area contributed by atoms with E-state index in [4.69, 9.17) is 14.6 Å². The maximum Gasteiger partial charge on any atom is 0.341 e. The monoisotopic (exact) mass is 269 g/mol. The number of hydrogen-bond acceptors (Lipinski definition) is 5. The molecule has 0 saturated carbocycles. The molecule has 0 aliphatic carbocycles. The Labute approximate surface area is 112 Å². The lowest BCUT2D eigenvalue weighted by molar-refractivity contribution is -0.139. The number of aliphatic carboxylic acids is 1. The Morgan fingerprint density at radius 2 is 2.21 bits per heavy atom. The van der Waals surface area contributed by atoms with Crippen molar-refractivity contribution in [3.8, 4) is 11.5 Å². The number of rotatable bonds is 8. The van der Waals surface area contributed by atoms with Crippen LogP contribution in [-0.4, -0.2) is 42.5 Å². The number of benzene rings is 1. The molecule has 106 valence electrons. The summed E-state index contributed by atoms with van der Waals surface area (Å²) in [5, 5.41) is 20.9. The number of para-hydroxylation sites is 1. The third-order valence-corrected chi connectivity index (χ3v) is 2.38. The topological polar surface area (TPSA) is 88.0 Å². The van der Waals surface area contributed by atoms with E-state index < -0.39 is 18.7 Å². The highest BCUT2D eigenvalue weighted by Crippen LogP contribution is 2.30. The minimum absolute atomic E-state index is 0.408. The fourth-order valence-corrected chi connectivity index (χ4v) is 1.57. The summed E-state index contributed by atoms with van der Waals surface area (Å²) >= 11 is 0. The van der Waals surface area contributed by atoms with Crippen LogP contribution in [0.4, 0.5) is 0 Å². The number of aliphatic hydroxyl groups excluding tert-OH is 1. The van der Waals surface area contributed by atoms with Gasteiger partial charge in [0.2, 0.25) is 0 Å². The standard InChI is InChI=1S/C13H19NO5/c1-9(15)6-14-7-10-4-3-5-11(18-2)13(10)19-8-12(16)17/h3-5,9,14-15H,6-8H2,1-2H3,(H,16,17)/t9-/m0/s1. The zero-order chi connectivity index (χ0) is 14.3. The van der Waals surface area contributed by atoms with Crippen molar-refractivity contribution in [2.24, 2.45) is 0 Å². The first kappa shape index (κ1) is 15.3. The van der Waals surface area contributed by atoms with E-state index in [1.54, 1.807) is 19.1 Å². The molecule has 0 saturated heterocycles. The molecule has 0 fully saturated rings.